The smallest absolute Gasteiger partial charge is 0.127 e. The van der Waals surface area contributed by atoms with Crippen LogP contribution in [-0.2, 0) is 70.4 Å². The maximum absolute atomic E-state index is 11.8. The van der Waals surface area contributed by atoms with Crippen LogP contribution < -0.4 is 4.74 Å². The Morgan fingerprint density at radius 3 is 0.943 bits per heavy atom. The van der Waals surface area contributed by atoms with Crippen LogP contribution in [-0.4, -0.2) is 22.4 Å². The number of benzene rings is 4. The molecule has 0 saturated heterocycles. The van der Waals surface area contributed by atoms with Crippen LogP contribution in [0.25, 0.3) is 0 Å². The van der Waals surface area contributed by atoms with Crippen molar-refractivity contribution in [3.05, 3.63) is 115 Å². The van der Waals surface area contributed by atoms with E-state index in [1.54, 1.807) is 7.11 Å². The molecule has 5 rings (SSSR count). The molecule has 6 nitrogen and oxygen atoms in total. The molecule has 0 unspecified atom stereocenters. The van der Waals surface area contributed by atoms with E-state index in [0.717, 1.165) is 55.8 Å². The summed E-state index contributed by atoms with van der Waals surface area (Å²) in [6.07, 6.45) is 0.770. The molecule has 4 aromatic carbocycles. The number of hydrogen-bond acceptors (Lipinski definition) is 6. The number of ether oxygens (including phenoxy) is 3. The number of phenols is 3. The predicted molar refractivity (Wildman–Crippen MR) is 215 cm³/mol. The normalized spacial score (nSPS) is 14.9. The molecule has 0 amide bonds. The fraction of sp³-hybridized carbons (Fsp3) is 0.489. The van der Waals surface area contributed by atoms with Gasteiger partial charge < -0.3 is 29.5 Å². The maximum Gasteiger partial charge on any atom is 0.127 e. The minimum absolute atomic E-state index is 0.148. The number of methoxy groups -OCH3 is 1. The van der Waals surface area contributed by atoms with Crippen LogP contribution in [0.3, 0.4) is 0 Å². The summed E-state index contributed by atoms with van der Waals surface area (Å²) in [4.78, 5) is 0. The van der Waals surface area contributed by atoms with Crippen molar-refractivity contribution in [2.45, 2.75) is 144 Å². The SMILES string of the molecule is COc1c2cc(C(C)(C)C)cc1Cc1cc(C(C)(C)C)cc(c1O)COCc1cc(C(C)(C)C)cc(c1O)Cc1cc(C(C)(C)C)cc(c1O)COC2. The Labute approximate surface area is 318 Å². The van der Waals surface area contributed by atoms with E-state index in [9.17, 15) is 15.3 Å². The highest BCUT2D eigenvalue weighted by atomic mass is 16.5. The van der Waals surface area contributed by atoms with Crippen LogP contribution in [0, 0.1) is 0 Å². The summed E-state index contributed by atoms with van der Waals surface area (Å²) in [5.74, 6) is 1.25. The molecule has 53 heavy (non-hydrogen) atoms. The fourth-order valence-corrected chi connectivity index (χ4v) is 6.95. The van der Waals surface area contributed by atoms with E-state index >= 15 is 0 Å². The zero-order valence-corrected chi connectivity index (χ0v) is 34.4. The van der Waals surface area contributed by atoms with Gasteiger partial charge in [-0.15, -0.1) is 0 Å². The number of aromatic hydroxyl groups is 3. The van der Waals surface area contributed by atoms with Crippen molar-refractivity contribution in [3.63, 3.8) is 0 Å². The minimum Gasteiger partial charge on any atom is -0.507 e. The van der Waals surface area contributed by atoms with Gasteiger partial charge in [0.25, 0.3) is 0 Å². The average Bonchev–Trinajstić information content (AvgIpc) is 3.03. The lowest BCUT2D eigenvalue weighted by molar-refractivity contribution is 0.103. The highest BCUT2D eigenvalue weighted by Crippen LogP contribution is 2.40. The van der Waals surface area contributed by atoms with Gasteiger partial charge in [0.15, 0.2) is 0 Å². The van der Waals surface area contributed by atoms with Gasteiger partial charge in [-0.25, -0.2) is 0 Å². The summed E-state index contributed by atoms with van der Waals surface area (Å²) in [5.41, 5.74) is 9.80. The van der Waals surface area contributed by atoms with Gasteiger partial charge in [-0.05, 0) is 90.4 Å². The number of phenolic OH excluding ortho intramolecular Hbond substituents is 3. The van der Waals surface area contributed by atoms with E-state index in [1.807, 2.05) is 24.3 Å². The van der Waals surface area contributed by atoms with Gasteiger partial charge in [-0.3, -0.25) is 0 Å². The second kappa shape index (κ2) is 14.7. The third kappa shape index (κ3) is 9.04. The Hall–Kier alpha value is -4.00. The van der Waals surface area contributed by atoms with Gasteiger partial charge in [0.1, 0.15) is 23.0 Å². The maximum atomic E-state index is 11.8. The van der Waals surface area contributed by atoms with Crippen LogP contribution in [0.2, 0.25) is 0 Å². The lowest BCUT2D eigenvalue weighted by Gasteiger charge is -2.26. The van der Waals surface area contributed by atoms with Crippen molar-refractivity contribution in [2.24, 2.45) is 0 Å². The molecule has 4 aromatic rings. The summed E-state index contributed by atoms with van der Waals surface area (Å²) in [7, 11) is 1.68. The molecular formula is C47H62O6. The fourth-order valence-electron chi connectivity index (χ4n) is 6.95. The first-order chi connectivity index (χ1) is 24.5. The highest BCUT2D eigenvalue weighted by molar-refractivity contribution is 5.54. The summed E-state index contributed by atoms with van der Waals surface area (Å²) in [6, 6.07) is 16.6. The largest absolute Gasteiger partial charge is 0.507 e. The van der Waals surface area contributed by atoms with Gasteiger partial charge in [-0.1, -0.05) is 107 Å². The van der Waals surface area contributed by atoms with Gasteiger partial charge in [-0.2, -0.15) is 0 Å². The Kier molecular flexibility index (Phi) is 11.1. The lowest BCUT2D eigenvalue weighted by atomic mass is 9.82. The first-order valence-electron chi connectivity index (χ1n) is 18.9. The Morgan fingerprint density at radius 2 is 0.642 bits per heavy atom. The van der Waals surface area contributed by atoms with Crippen LogP contribution in [0.4, 0.5) is 0 Å². The van der Waals surface area contributed by atoms with Crippen molar-refractivity contribution < 1.29 is 29.5 Å². The van der Waals surface area contributed by atoms with Crippen LogP contribution in [0.5, 0.6) is 23.0 Å². The minimum atomic E-state index is -0.197. The number of hydrogen-bond donors (Lipinski definition) is 3. The number of fused-ring (bicyclic) bond motifs is 8. The molecule has 0 aromatic heterocycles. The molecule has 3 N–H and O–H groups in total. The lowest BCUT2D eigenvalue weighted by Crippen LogP contribution is -2.15. The second-order valence-corrected chi connectivity index (χ2v) is 19.1. The number of rotatable bonds is 1. The summed E-state index contributed by atoms with van der Waals surface area (Å²) < 4.78 is 18.9. The molecule has 0 radical (unpaired) electrons. The van der Waals surface area contributed by atoms with Gasteiger partial charge >= 0.3 is 0 Å². The van der Waals surface area contributed by atoms with E-state index in [1.165, 1.54) is 0 Å². The standard InChI is InChI=1S/C47H62O6/c1-44(2,3)36-16-28-14-29-17-37(45(4,5)6)22-34(41(29)49)26-53-27-35-23-39(47(10,11)12)19-31(43(35)51-13)15-30-18-38(46(7,8)9)21-33(42(30)50)25-52-24-32(20-36)40(28)48/h16-23,48-50H,14-15,24-27H2,1-13H3. The second-order valence-electron chi connectivity index (χ2n) is 19.1. The highest BCUT2D eigenvalue weighted by Gasteiger charge is 2.26. The molecular weight excluding hydrogens is 661 g/mol. The molecule has 286 valence electrons. The predicted octanol–water partition coefficient (Wildman–Crippen LogP) is 10.9. The van der Waals surface area contributed by atoms with Crippen LogP contribution in [0.15, 0.2) is 48.5 Å². The molecule has 1 aliphatic rings. The zero-order chi connectivity index (χ0) is 39.3. The van der Waals surface area contributed by atoms with Gasteiger partial charge in [0.05, 0.1) is 33.5 Å². The Morgan fingerprint density at radius 1 is 0.396 bits per heavy atom. The van der Waals surface area contributed by atoms with Gasteiger partial charge in [0.2, 0.25) is 0 Å². The summed E-state index contributed by atoms with van der Waals surface area (Å²) in [5, 5.41) is 35.4. The van der Waals surface area contributed by atoms with Crippen molar-refractivity contribution in [1.29, 1.82) is 0 Å². The first-order valence-corrected chi connectivity index (χ1v) is 18.9. The molecule has 1 heterocycles. The van der Waals surface area contributed by atoms with E-state index in [0.29, 0.717) is 29.5 Å². The third-order valence-corrected chi connectivity index (χ3v) is 10.5. The van der Waals surface area contributed by atoms with Gasteiger partial charge in [0, 0.05) is 35.1 Å². The molecule has 0 saturated carbocycles. The quantitative estimate of drug-likeness (QED) is 0.181. The molecule has 0 fully saturated rings. The van der Waals surface area contributed by atoms with Crippen LogP contribution in [0.1, 0.15) is 150 Å². The van der Waals surface area contributed by atoms with E-state index in [-0.39, 0.29) is 65.3 Å². The molecule has 0 atom stereocenters. The molecule has 6 heteroatoms. The summed E-state index contributed by atoms with van der Waals surface area (Å²) in [6.45, 7) is 26.8. The third-order valence-electron chi connectivity index (χ3n) is 10.5. The Bertz CT molecular complexity index is 1980. The topological polar surface area (TPSA) is 88.4 Å². The van der Waals surface area contributed by atoms with Crippen molar-refractivity contribution >= 4 is 0 Å². The first kappa shape index (κ1) is 40.2. The summed E-state index contributed by atoms with van der Waals surface area (Å²) >= 11 is 0. The van der Waals surface area contributed by atoms with Crippen molar-refractivity contribution in [3.8, 4) is 23.0 Å². The van der Waals surface area contributed by atoms with Crippen LogP contribution >= 0.6 is 0 Å². The molecule has 0 spiro atoms. The van der Waals surface area contributed by atoms with E-state index in [2.05, 4.69) is 107 Å². The molecule has 0 aliphatic carbocycles. The van der Waals surface area contributed by atoms with Crippen molar-refractivity contribution in [2.75, 3.05) is 7.11 Å². The molecule has 1 aliphatic heterocycles. The average molecular weight is 723 g/mol. The van der Waals surface area contributed by atoms with E-state index < -0.39 is 0 Å². The zero-order valence-electron chi connectivity index (χ0n) is 34.4. The van der Waals surface area contributed by atoms with E-state index in [4.69, 9.17) is 14.2 Å². The van der Waals surface area contributed by atoms with Crippen molar-refractivity contribution in [1.82, 2.24) is 0 Å². The monoisotopic (exact) mass is 722 g/mol. The Balaban J connectivity index is 1.73. The molecule has 8 bridgehead atoms.